The van der Waals surface area contributed by atoms with Gasteiger partial charge in [0, 0.05) is 6.20 Å². The molecule has 0 saturated heterocycles. The number of pyridine rings is 1. The molecular weight excluding hydrogens is 328 g/mol. The van der Waals surface area contributed by atoms with Gasteiger partial charge in [0.05, 0.1) is 16.7 Å². The molecule has 1 heterocycles. The Balaban J connectivity index is 2.14. The first-order valence-electron chi connectivity index (χ1n) is 6.69. The molecule has 0 radical (unpaired) electrons. The molecule has 0 bridgehead atoms. The van der Waals surface area contributed by atoms with Gasteiger partial charge in [0.1, 0.15) is 0 Å². The maximum Gasteiger partial charge on any atom is 0.265 e. The summed E-state index contributed by atoms with van der Waals surface area (Å²) in [7, 11) is 0. The van der Waals surface area contributed by atoms with Crippen LogP contribution < -0.4 is 11.3 Å². The van der Waals surface area contributed by atoms with Crippen molar-refractivity contribution in [2.24, 2.45) is 0 Å². The highest BCUT2D eigenvalue weighted by atomic mass is 79.9. The molecule has 0 unspecified atom stereocenters. The molecule has 3 aromatic rings. The molecule has 2 aromatic carbocycles. The Morgan fingerprint density at radius 2 is 1.86 bits per heavy atom. The predicted molar refractivity (Wildman–Crippen MR) is 90.6 cm³/mol. The number of rotatable bonds is 2. The summed E-state index contributed by atoms with van der Waals surface area (Å²) in [6.45, 7) is 2.34. The predicted octanol–water partition coefficient (Wildman–Crippen LogP) is 3.70. The number of halogens is 1. The lowest BCUT2D eigenvalue weighted by Crippen LogP contribution is -2.22. The molecule has 0 amide bonds. The lowest BCUT2D eigenvalue weighted by molar-refractivity contribution is 0.759. The summed E-state index contributed by atoms with van der Waals surface area (Å²) in [6.07, 6.45) is 1.71. The molecule has 0 aliphatic heterocycles. The Labute approximate surface area is 131 Å². The largest absolute Gasteiger partial charge is 0.397 e. The van der Waals surface area contributed by atoms with E-state index in [1.54, 1.807) is 10.8 Å². The third kappa shape index (κ3) is 2.47. The minimum absolute atomic E-state index is 0.0605. The third-order valence-corrected chi connectivity index (χ3v) is 4.66. The molecule has 106 valence electrons. The average molecular weight is 343 g/mol. The number of nitrogens with zero attached hydrogens (tertiary/aromatic N) is 1. The Hall–Kier alpha value is -2.07. The summed E-state index contributed by atoms with van der Waals surface area (Å²) < 4.78 is 2.18. The van der Waals surface area contributed by atoms with E-state index in [-0.39, 0.29) is 5.56 Å². The first-order valence-corrected chi connectivity index (χ1v) is 7.49. The van der Waals surface area contributed by atoms with Crippen LogP contribution in [-0.4, -0.2) is 4.57 Å². The first-order chi connectivity index (χ1) is 10.1. The van der Waals surface area contributed by atoms with E-state index < -0.39 is 0 Å². The van der Waals surface area contributed by atoms with Crippen LogP contribution in [0.25, 0.3) is 10.8 Å². The standard InChI is InChI=1S/C17H15BrN2O/c1-11-15(19)10-20(17(21)16(11)18)9-13-7-4-6-12-5-2-3-8-14(12)13/h2-8,10H,9,19H2,1H3. The van der Waals surface area contributed by atoms with Crippen molar-refractivity contribution >= 4 is 32.4 Å². The van der Waals surface area contributed by atoms with Crippen LogP contribution in [0.4, 0.5) is 5.69 Å². The van der Waals surface area contributed by atoms with Crippen LogP contribution in [0.3, 0.4) is 0 Å². The van der Waals surface area contributed by atoms with E-state index >= 15 is 0 Å². The highest BCUT2D eigenvalue weighted by Gasteiger charge is 2.09. The third-order valence-electron chi connectivity index (χ3n) is 3.73. The zero-order valence-corrected chi connectivity index (χ0v) is 13.2. The van der Waals surface area contributed by atoms with E-state index in [2.05, 4.69) is 34.1 Å². The summed E-state index contributed by atoms with van der Waals surface area (Å²) in [5.41, 5.74) is 8.41. The van der Waals surface area contributed by atoms with Crippen LogP contribution in [0.2, 0.25) is 0 Å². The number of benzene rings is 2. The van der Waals surface area contributed by atoms with Crippen LogP contribution in [-0.2, 0) is 6.54 Å². The zero-order chi connectivity index (χ0) is 15.0. The second kappa shape index (κ2) is 5.37. The van der Waals surface area contributed by atoms with Crippen LogP contribution >= 0.6 is 15.9 Å². The van der Waals surface area contributed by atoms with Crippen LogP contribution in [0.1, 0.15) is 11.1 Å². The van der Waals surface area contributed by atoms with E-state index in [9.17, 15) is 4.79 Å². The monoisotopic (exact) mass is 342 g/mol. The maximum atomic E-state index is 12.3. The molecule has 3 rings (SSSR count). The summed E-state index contributed by atoms with van der Waals surface area (Å²) in [5.74, 6) is 0. The van der Waals surface area contributed by atoms with Crippen molar-refractivity contribution in [3.8, 4) is 0 Å². The molecule has 0 saturated carbocycles. The molecule has 3 nitrogen and oxygen atoms in total. The normalized spacial score (nSPS) is 11.0. The van der Waals surface area contributed by atoms with Gasteiger partial charge in [0.2, 0.25) is 0 Å². The minimum atomic E-state index is -0.0605. The van der Waals surface area contributed by atoms with Crippen molar-refractivity contribution in [1.82, 2.24) is 4.57 Å². The SMILES string of the molecule is Cc1c(N)cn(Cc2cccc3ccccc23)c(=O)c1Br. The van der Waals surface area contributed by atoms with Crippen LogP contribution in [0.5, 0.6) is 0 Å². The molecule has 2 N–H and O–H groups in total. The van der Waals surface area contributed by atoms with Crippen molar-refractivity contribution in [2.45, 2.75) is 13.5 Å². The molecule has 1 aromatic heterocycles. The van der Waals surface area contributed by atoms with Crippen molar-refractivity contribution in [3.05, 3.63) is 74.6 Å². The van der Waals surface area contributed by atoms with E-state index in [0.717, 1.165) is 16.5 Å². The molecule has 21 heavy (non-hydrogen) atoms. The summed E-state index contributed by atoms with van der Waals surface area (Å²) >= 11 is 3.33. The Morgan fingerprint density at radius 3 is 2.67 bits per heavy atom. The van der Waals surface area contributed by atoms with Gasteiger partial charge in [-0.3, -0.25) is 4.79 Å². The Kier molecular flexibility index (Phi) is 3.55. The Bertz CT molecular complexity index is 878. The van der Waals surface area contributed by atoms with Gasteiger partial charge in [-0.2, -0.15) is 0 Å². The van der Waals surface area contributed by atoms with Crippen LogP contribution in [0.15, 0.2) is 57.9 Å². The van der Waals surface area contributed by atoms with Gasteiger partial charge in [-0.05, 0) is 44.8 Å². The second-order valence-corrected chi connectivity index (χ2v) is 5.89. The molecule has 0 atom stereocenters. The Morgan fingerprint density at radius 1 is 1.14 bits per heavy atom. The number of hydrogen-bond acceptors (Lipinski definition) is 2. The van der Waals surface area contributed by atoms with Gasteiger partial charge >= 0.3 is 0 Å². The zero-order valence-electron chi connectivity index (χ0n) is 11.6. The van der Waals surface area contributed by atoms with Crippen molar-refractivity contribution in [1.29, 1.82) is 0 Å². The highest BCUT2D eigenvalue weighted by Crippen LogP contribution is 2.21. The topological polar surface area (TPSA) is 48.0 Å². The van der Waals surface area contributed by atoms with Crippen LogP contribution in [0, 0.1) is 6.92 Å². The molecule has 0 aliphatic carbocycles. The van der Waals surface area contributed by atoms with E-state index in [4.69, 9.17) is 5.73 Å². The van der Waals surface area contributed by atoms with E-state index in [0.29, 0.717) is 16.7 Å². The number of aromatic nitrogens is 1. The summed E-state index contributed by atoms with van der Waals surface area (Å²) in [4.78, 5) is 12.3. The first kappa shape index (κ1) is 13.9. The van der Waals surface area contributed by atoms with Gasteiger partial charge in [0.25, 0.3) is 5.56 Å². The fourth-order valence-electron chi connectivity index (χ4n) is 2.47. The quantitative estimate of drug-likeness (QED) is 0.771. The fraction of sp³-hybridized carbons (Fsp3) is 0.118. The van der Waals surface area contributed by atoms with Gasteiger partial charge in [-0.25, -0.2) is 0 Å². The summed E-state index contributed by atoms with van der Waals surface area (Å²) in [5, 5.41) is 2.32. The average Bonchev–Trinajstić information content (AvgIpc) is 2.51. The smallest absolute Gasteiger partial charge is 0.265 e. The fourth-order valence-corrected chi connectivity index (χ4v) is 2.92. The van der Waals surface area contributed by atoms with E-state index in [1.165, 1.54) is 5.39 Å². The molecule has 4 heteroatoms. The number of anilines is 1. The maximum absolute atomic E-state index is 12.3. The summed E-state index contributed by atoms with van der Waals surface area (Å²) in [6, 6.07) is 14.3. The molecule has 0 fully saturated rings. The van der Waals surface area contributed by atoms with E-state index in [1.807, 2.05) is 31.2 Å². The van der Waals surface area contributed by atoms with Gasteiger partial charge in [-0.15, -0.1) is 0 Å². The van der Waals surface area contributed by atoms with Crippen molar-refractivity contribution in [3.63, 3.8) is 0 Å². The highest BCUT2D eigenvalue weighted by molar-refractivity contribution is 9.10. The molecule has 0 spiro atoms. The van der Waals surface area contributed by atoms with Crippen molar-refractivity contribution in [2.75, 3.05) is 5.73 Å². The van der Waals surface area contributed by atoms with Gasteiger partial charge < -0.3 is 10.3 Å². The van der Waals surface area contributed by atoms with Gasteiger partial charge in [-0.1, -0.05) is 42.5 Å². The number of fused-ring (bicyclic) bond motifs is 1. The number of nitrogen functional groups attached to an aromatic ring is 1. The molecular formula is C17H15BrN2O. The lowest BCUT2D eigenvalue weighted by atomic mass is 10.0. The number of hydrogen-bond donors (Lipinski definition) is 1. The number of nitrogens with two attached hydrogens (primary N) is 1. The van der Waals surface area contributed by atoms with Crippen molar-refractivity contribution < 1.29 is 0 Å². The lowest BCUT2D eigenvalue weighted by Gasteiger charge is -2.12. The second-order valence-electron chi connectivity index (χ2n) is 5.09. The van der Waals surface area contributed by atoms with Gasteiger partial charge in [0.15, 0.2) is 0 Å². The molecule has 0 aliphatic rings. The minimum Gasteiger partial charge on any atom is -0.397 e.